The van der Waals surface area contributed by atoms with Crippen LogP contribution >= 0.6 is 27.7 Å². The molecule has 0 saturated carbocycles. The van der Waals surface area contributed by atoms with Gasteiger partial charge in [-0.1, -0.05) is 22.0 Å². The zero-order valence-corrected chi connectivity index (χ0v) is 9.87. The number of thioether (sulfide) groups is 1. The lowest BCUT2D eigenvalue weighted by atomic mass is 10.3. The van der Waals surface area contributed by atoms with Gasteiger partial charge in [0.05, 0.1) is 6.17 Å². The molecule has 0 bridgehead atoms. The van der Waals surface area contributed by atoms with E-state index in [0.717, 1.165) is 10.2 Å². The highest BCUT2D eigenvalue weighted by molar-refractivity contribution is 9.10. The standard InChI is InChI=1S/C10H12BrFS/c1-8(12)5-6-13-10-4-2-3-9(11)7-10/h2-4,7-8H,5-6H2,1H3. The minimum Gasteiger partial charge on any atom is -0.248 e. The van der Waals surface area contributed by atoms with Gasteiger partial charge in [0.2, 0.25) is 0 Å². The van der Waals surface area contributed by atoms with Crippen LogP contribution < -0.4 is 0 Å². The van der Waals surface area contributed by atoms with E-state index in [4.69, 9.17) is 0 Å². The molecule has 0 heterocycles. The summed E-state index contributed by atoms with van der Waals surface area (Å²) >= 11 is 5.09. The van der Waals surface area contributed by atoms with Crippen LogP contribution in [0.5, 0.6) is 0 Å². The topological polar surface area (TPSA) is 0 Å². The summed E-state index contributed by atoms with van der Waals surface area (Å²) in [6.45, 7) is 1.60. The fourth-order valence-corrected chi connectivity index (χ4v) is 2.51. The maximum atomic E-state index is 12.5. The molecule has 3 heteroatoms. The fraction of sp³-hybridized carbons (Fsp3) is 0.400. The predicted molar refractivity (Wildman–Crippen MR) is 60.1 cm³/mol. The molecule has 72 valence electrons. The molecule has 0 radical (unpaired) electrons. The fourth-order valence-electron chi connectivity index (χ4n) is 0.896. The van der Waals surface area contributed by atoms with Gasteiger partial charge in [-0.25, -0.2) is 4.39 Å². The van der Waals surface area contributed by atoms with E-state index in [1.165, 1.54) is 4.90 Å². The largest absolute Gasteiger partial charge is 0.248 e. The number of alkyl halides is 1. The second kappa shape index (κ2) is 5.66. The molecule has 0 nitrogen and oxygen atoms in total. The molecular weight excluding hydrogens is 251 g/mol. The van der Waals surface area contributed by atoms with Crippen molar-refractivity contribution in [1.29, 1.82) is 0 Å². The highest BCUT2D eigenvalue weighted by Crippen LogP contribution is 2.22. The van der Waals surface area contributed by atoms with Crippen molar-refractivity contribution in [3.05, 3.63) is 28.7 Å². The third-order valence-electron chi connectivity index (χ3n) is 1.58. The molecular formula is C10H12BrFS. The van der Waals surface area contributed by atoms with Crippen molar-refractivity contribution in [3.63, 3.8) is 0 Å². The van der Waals surface area contributed by atoms with Crippen molar-refractivity contribution in [2.45, 2.75) is 24.4 Å². The third-order valence-corrected chi connectivity index (χ3v) is 3.10. The summed E-state index contributed by atoms with van der Waals surface area (Å²) in [6.07, 6.45) is -0.0726. The number of halogens is 2. The van der Waals surface area contributed by atoms with Crippen LogP contribution in [0, 0.1) is 0 Å². The molecule has 1 unspecified atom stereocenters. The average molecular weight is 263 g/mol. The third kappa shape index (κ3) is 4.67. The summed E-state index contributed by atoms with van der Waals surface area (Å²) in [5, 5.41) is 0. The maximum absolute atomic E-state index is 12.5. The molecule has 0 aliphatic heterocycles. The minimum absolute atomic E-state index is 0.622. The highest BCUT2D eigenvalue weighted by atomic mass is 79.9. The van der Waals surface area contributed by atoms with Crippen LogP contribution in [0.25, 0.3) is 0 Å². The Morgan fingerprint density at radius 3 is 2.92 bits per heavy atom. The molecule has 0 spiro atoms. The Hall–Kier alpha value is -0.0200. The molecule has 0 fully saturated rings. The Bertz CT molecular complexity index is 263. The molecule has 1 atom stereocenters. The monoisotopic (exact) mass is 262 g/mol. The molecule has 1 rings (SSSR count). The van der Waals surface area contributed by atoms with E-state index in [9.17, 15) is 4.39 Å². The van der Waals surface area contributed by atoms with E-state index >= 15 is 0 Å². The number of hydrogen-bond acceptors (Lipinski definition) is 1. The van der Waals surface area contributed by atoms with Crippen LogP contribution in [0.4, 0.5) is 4.39 Å². The summed E-state index contributed by atoms with van der Waals surface area (Å²) < 4.78 is 13.5. The molecule has 0 aromatic heterocycles. The van der Waals surface area contributed by atoms with Crippen molar-refractivity contribution in [2.75, 3.05) is 5.75 Å². The van der Waals surface area contributed by atoms with Gasteiger partial charge in [-0.05, 0) is 31.5 Å². The normalized spacial score (nSPS) is 12.8. The zero-order valence-electron chi connectivity index (χ0n) is 7.47. The second-order valence-corrected chi connectivity index (χ2v) is 4.96. The van der Waals surface area contributed by atoms with Gasteiger partial charge in [-0.15, -0.1) is 11.8 Å². The van der Waals surface area contributed by atoms with Crippen molar-refractivity contribution in [3.8, 4) is 0 Å². The van der Waals surface area contributed by atoms with Crippen LogP contribution in [0.3, 0.4) is 0 Å². The Morgan fingerprint density at radius 1 is 1.54 bits per heavy atom. The molecule has 0 amide bonds. The summed E-state index contributed by atoms with van der Waals surface area (Å²) in [7, 11) is 0. The van der Waals surface area contributed by atoms with E-state index in [-0.39, 0.29) is 0 Å². The van der Waals surface area contributed by atoms with Crippen LogP contribution in [-0.2, 0) is 0 Å². The molecule has 1 aromatic rings. The molecule has 0 N–H and O–H groups in total. The lowest BCUT2D eigenvalue weighted by Crippen LogP contribution is -1.93. The Labute approximate surface area is 91.0 Å². The number of benzene rings is 1. The Kier molecular flexibility index (Phi) is 4.81. The first-order valence-corrected chi connectivity index (χ1v) is 5.99. The molecule has 1 aromatic carbocycles. The maximum Gasteiger partial charge on any atom is 0.0981 e. The minimum atomic E-state index is -0.695. The first kappa shape index (κ1) is 11.1. The van der Waals surface area contributed by atoms with Crippen LogP contribution in [0.2, 0.25) is 0 Å². The van der Waals surface area contributed by atoms with E-state index in [1.807, 2.05) is 24.3 Å². The molecule has 0 aliphatic carbocycles. The Balaban J connectivity index is 2.37. The summed E-state index contributed by atoms with van der Waals surface area (Å²) in [4.78, 5) is 1.19. The first-order valence-electron chi connectivity index (χ1n) is 4.21. The van der Waals surface area contributed by atoms with Crippen molar-refractivity contribution in [1.82, 2.24) is 0 Å². The van der Waals surface area contributed by atoms with Gasteiger partial charge in [-0.2, -0.15) is 0 Å². The van der Waals surface area contributed by atoms with E-state index < -0.39 is 6.17 Å². The van der Waals surface area contributed by atoms with Gasteiger partial charge in [0.1, 0.15) is 0 Å². The van der Waals surface area contributed by atoms with Crippen molar-refractivity contribution < 1.29 is 4.39 Å². The van der Waals surface area contributed by atoms with Gasteiger partial charge in [0.25, 0.3) is 0 Å². The highest BCUT2D eigenvalue weighted by Gasteiger charge is 1.99. The first-order chi connectivity index (χ1) is 6.18. The number of rotatable bonds is 4. The van der Waals surface area contributed by atoms with Gasteiger partial charge in [0.15, 0.2) is 0 Å². The summed E-state index contributed by atoms with van der Waals surface area (Å²) in [5.41, 5.74) is 0. The van der Waals surface area contributed by atoms with E-state index in [0.29, 0.717) is 6.42 Å². The predicted octanol–water partition coefficient (Wildman–Crippen LogP) is 4.29. The van der Waals surface area contributed by atoms with Crippen LogP contribution in [0.1, 0.15) is 13.3 Å². The summed E-state index contributed by atoms with van der Waals surface area (Å²) in [6, 6.07) is 8.07. The van der Waals surface area contributed by atoms with Gasteiger partial charge < -0.3 is 0 Å². The molecule has 0 saturated heterocycles. The number of hydrogen-bond donors (Lipinski definition) is 0. The Morgan fingerprint density at radius 2 is 2.31 bits per heavy atom. The lowest BCUT2D eigenvalue weighted by Gasteiger charge is -2.02. The van der Waals surface area contributed by atoms with Crippen molar-refractivity contribution in [2.24, 2.45) is 0 Å². The quantitative estimate of drug-likeness (QED) is 0.730. The molecule has 13 heavy (non-hydrogen) atoms. The smallest absolute Gasteiger partial charge is 0.0981 e. The SMILES string of the molecule is CC(F)CCSc1cccc(Br)c1. The van der Waals surface area contributed by atoms with Gasteiger partial charge in [0, 0.05) is 15.1 Å². The second-order valence-electron chi connectivity index (χ2n) is 2.88. The lowest BCUT2D eigenvalue weighted by molar-refractivity contribution is 0.355. The van der Waals surface area contributed by atoms with Crippen LogP contribution in [-0.4, -0.2) is 11.9 Å². The van der Waals surface area contributed by atoms with E-state index in [2.05, 4.69) is 15.9 Å². The van der Waals surface area contributed by atoms with Crippen molar-refractivity contribution >= 4 is 27.7 Å². The van der Waals surface area contributed by atoms with Crippen LogP contribution in [0.15, 0.2) is 33.6 Å². The van der Waals surface area contributed by atoms with Gasteiger partial charge >= 0.3 is 0 Å². The van der Waals surface area contributed by atoms with E-state index in [1.54, 1.807) is 18.7 Å². The summed E-state index contributed by atoms with van der Waals surface area (Å²) in [5.74, 6) is 0.841. The van der Waals surface area contributed by atoms with Gasteiger partial charge in [-0.3, -0.25) is 0 Å². The zero-order chi connectivity index (χ0) is 9.68. The molecule has 0 aliphatic rings. The average Bonchev–Trinajstić information content (AvgIpc) is 2.03.